The Kier molecular flexibility index (Phi) is 6.28. The molecule has 0 saturated carbocycles. The average molecular weight is 549 g/mol. The molecule has 3 rings (SSSR count). The monoisotopic (exact) mass is 546 g/mol. The van der Waals surface area contributed by atoms with Crippen LogP contribution >= 0.6 is 74.1 Å². The number of carbonyl (C=O) groups is 2. The van der Waals surface area contributed by atoms with Crippen LogP contribution in [0.15, 0.2) is 35.3 Å². The largest absolute Gasteiger partial charge is 0.460 e. The smallest absolute Gasteiger partial charge is 0.330 e. The van der Waals surface area contributed by atoms with Crippen molar-refractivity contribution >= 4 is 91.1 Å². The third-order valence-electron chi connectivity index (χ3n) is 4.34. The summed E-state index contributed by atoms with van der Waals surface area (Å²) in [6.07, 6.45) is 0. The second-order valence-corrected chi connectivity index (χ2v) is 12.7. The maximum atomic E-state index is 12.9. The van der Waals surface area contributed by atoms with Crippen LogP contribution in [0, 0.1) is 0 Å². The normalized spacial score (nSPS) is 29.3. The lowest BCUT2D eigenvalue weighted by molar-refractivity contribution is -0.163. The third-order valence-corrected chi connectivity index (χ3v) is 7.85. The van der Waals surface area contributed by atoms with E-state index in [0.717, 1.165) is 0 Å². The van der Waals surface area contributed by atoms with Gasteiger partial charge >= 0.3 is 5.97 Å². The van der Waals surface area contributed by atoms with Crippen LogP contribution in [0.1, 0.15) is 19.4 Å². The van der Waals surface area contributed by atoms with Crippen molar-refractivity contribution in [3.8, 4) is 0 Å². The number of nitrogens with zero attached hydrogens (tertiary/aromatic N) is 2. The first kappa shape index (κ1) is 22.5. The molecule has 152 valence electrons. The summed E-state index contributed by atoms with van der Waals surface area (Å²) in [4.78, 5) is 31.4. The summed E-state index contributed by atoms with van der Waals surface area (Å²) < 4.78 is 1.51. The van der Waals surface area contributed by atoms with E-state index in [4.69, 9.17) is 51.1 Å². The molecular formula is C17H15BrCl4N2O3S. The molecule has 0 spiro atoms. The summed E-state index contributed by atoms with van der Waals surface area (Å²) >= 11 is 28.2. The Hall–Kier alpha value is -0.180. The van der Waals surface area contributed by atoms with Crippen LogP contribution in [-0.4, -0.2) is 53.0 Å². The van der Waals surface area contributed by atoms with Gasteiger partial charge in [-0.05, 0) is 29.8 Å². The van der Waals surface area contributed by atoms with Crippen molar-refractivity contribution in [2.45, 2.75) is 38.3 Å². The van der Waals surface area contributed by atoms with E-state index in [9.17, 15) is 9.59 Å². The minimum atomic E-state index is -1.73. The van der Waals surface area contributed by atoms with Gasteiger partial charge < -0.3 is 9.64 Å². The molecule has 2 saturated heterocycles. The van der Waals surface area contributed by atoms with E-state index in [-0.39, 0.29) is 11.1 Å². The topological polar surface area (TPSA) is 59.0 Å². The van der Waals surface area contributed by atoms with Gasteiger partial charge in [-0.1, -0.05) is 76.7 Å². The van der Waals surface area contributed by atoms with Crippen LogP contribution in [0.5, 0.6) is 0 Å². The van der Waals surface area contributed by atoms with Crippen molar-refractivity contribution in [3.63, 3.8) is 0 Å². The first-order chi connectivity index (χ1) is 12.9. The molecule has 2 aliphatic rings. The quantitative estimate of drug-likeness (QED) is 0.179. The van der Waals surface area contributed by atoms with Crippen molar-refractivity contribution in [2.24, 2.45) is 4.99 Å². The Morgan fingerprint density at radius 3 is 2.50 bits per heavy atom. The van der Waals surface area contributed by atoms with E-state index >= 15 is 0 Å². The van der Waals surface area contributed by atoms with Gasteiger partial charge in [0.05, 0.1) is 0 Å². The van der Waals surface area contributed by atoms with Crippen LogP contribution < -0.4 is 0 Å². The minimum Gasteiger partial charge on any atom is -0.460 e. The Bertz CT molecular complexity index is 833. The average Bonchev–Trinajstić information content (AvgIpc) is 2.89. The summed E-state index contributed by atoms with van der Waals surface area (Å²) in [7, 11) is 0. The Morgan fingerprint density at radius 2 is 1.93 bits per heavy atom. The molecule has 1 aromatic rings. The molecule has 11 heteroatoms. The molecule has 0 bridgehead atoms. The van der Waals surface area contributed by atoms with Crippen LogP contribution in [0.2, 0.25) is 0 Å². The molecule has 0 N–H and O–H groups in total. The Morgan fingerprint density at radius 1 is 1.32 bits per heavy atom. The molecular weight excluding hydrogens is 534 g/mol. The van der Waals surface area contributed by atoms with Crippen LogP contribution in [0.3, 0.4) is 0 Å². The minimum absolute atomic E-state index is 0.200. The highest BCUT2D eigenvalue weighted by molar-refractivity contribution is 9.10. The van der Waals surface area contributed by atoms with Crippen molar-refractivity contribution in [3.05, 3.63) is 35.9 Å². The fraction of sp³-hybridized carbons (Fsp3) is 0.471. The number of benzene rings is 1. The van der Waals surface area contributed by atoms with Gasteiger partial charge in [-0.3, -0.25) is 4.79 Å². The summed E-state index contributed by atoms with van der Waals surface area (Å²) in [5.41, 5.74) is 0.690. The van der Waals surface area contributed by atoms with E-state index in [2.05, 4.69) is 20.9 Å². The zero-order chi connectivity index (χ0) is 20.9. The Labute approximate surface area is 195 Å². The van der Waals surface area contributed by atoms with E-state index in [0.29, 0.717) is 5.56 Å². The number of alkyl halides is 4. The number of ether oxygens (including phenoxy) is 1. The zero-order valence-electron chi connectivity index (χ0n) is 14.7. The molecule has 0 radical (unpaired) electrons. The molecule has 1 unspecified atom stereocenters. The summed E-state index contributed by atoms with van der Waals surface area (Å²) in [6, 6.07) is 8.27. The van der Waals surface area contributed by atoms with Gasteiger partial charge in [0.25, 0.3) is 5.91 Å². The number of amides is 1. The number of aliphatic imine (C=N–C) groups is 1. The van der Waals surface area contributed by atoms with Gasteiger partial charge in [0.2, 0.25) is 8.24 Å². The van der Waals surface area contributed by atoms with Gasteiger partial charge in [-0.2, -0.15) is 0 Å². The van der Waals surface area contributed by atoms with E-state index in [1.54, 1.807) is 12.1 Å². The molecule has 2 aliphatic heterocycles. The second-order valence-electron chi connectivity index (χ2n) is 6.85. The van der Waals surface area contributed by atoms with Crippen LogP contribution in [0.25, 0.3) is 0 Å². The number of fused-ring (bicyclic) bond motifs is 1. The van der Waals surface area contributed by atoms with Gasteiger partial charge in [-0.25, -0.2) is 9.79 Å². The van der Waals surface area contributed by atoms with Gasteiger partial charge in [0.1, 0.15) is 23.2 Å². The van der Waals surface area contributed by atoms with Crippen LogP contribution in [-0.2, 0) is 14.3 Å². The van der Waals surface area contributed by atoms with Gasteiger partial charge in [0.15, 0.2) is 0 Å². The number of β-lactam (4-membered cyclic amide) rings is 1. The van der Waals surface area contributed by atoms with E-state index in [1.807, 2.05) is 32.0 Å². The van der Waals surface area contributed by atoms with Crippen molar-refractivity contribution in [1.29, 1.82) is 0 Å². The molecule has 3 atom stereocenters. The number of carbonyl (C=O) groups excluding carboxylic acids is 2. The number of esters is 1. The summed E-state index contributed by atoms with van der Waals surface area (Å²) in [6.45, 7) is 3.29. The molecule has 2 heterocycles. The first-order valence-corrected chi connectivity index (χ1v) is 11.3. The Balaban J connectivity index is 1.83. The lowest BCUT2D eigenvalue weighted by Crippen LogP contribution is -2.70. The zero-order valence-corrected chi connectivity index (χ0v) is 20.1. The molecule has 0 aliphatic carbocycles. The number of rotatable bonds is 4. The summed E-state index contributed by atoms with van der Waals surface area (Å²) in [5, 5.41) is -0.233. The molecule has 5 nitrogen and oxygen atoms in total. The predicted octanol–water partition coefficient (Wildman–Crippen LogP) is 4.74. The lowest BCUT2D eigenvalue weighted by atomic mass is 9.96. The fourth-order valence-electron chi connectivity index (χ4n) is 3.10. The first-order valence-electron chi connectivity index (χ1n) is 8.10. The lowest BCUT2D eigenvalue weighted by Gasteiger charge is -2.47. The fourth-order valence-corrected chi connectivity index (χ4v) is 6.06. The maximum absolute atomic E-state index is 12.9. The number of halogens is 5. The van der Waals surface area contributed by atoms with Gasteiger partial charge in [-0.15, -0.1) is 11.8 Å². The van der Waals surface area contributed by atoms with Crippen molar-refractivity contribution in [2.75, 3.05) is 6.61 Å². The highest BCUT2D eigenvalue weighted by Gasteiger charge is 2.71. The van der Waals surface area contributed by atoms with Crippen molar-refractivity contribution < 1.29 is 14.3 Å². The maximum Gasteiger partial charge on any atom is 0.330 e. The highest BCUT2D eigenvalue weighted by atomic mass is 79.9. The molecule has 1 aromatic carbocycles. The molecule has 28 heavy (non-hydrogen) atoms. The van der Waals surface area contributed by atoms with Crippen molar-refractivity contribution in [1.82, 2.24) is 4.90 Å². The van der Waals surface area contributed by atoms with Gasteiger partial charge in [0, 0.05) is 10.3 Å². The van der Waals surface area contributed by atoms with E-state index < -0.39 is 37.0 Å². The number of thioether (sulfide) groups is 1. The van der Waals surface area contributed by atoms with E-state index in [1.165, 1.54) is 16.7 Å². The standard InChI is InChI=1S/C17H15BrCl4N2O3S/c1-15(2)10(12(25)27-8-16(20,21)22)24-13(26)17(18,14(24)28-15)23-11(19)9-6-4-3-5-7-9/h3-7,10,14H,8H2,1-2H3/t10-,14+,17?/m0/s1. The highest BCUT2D eigenvalue weighted by Crippen LogP contribution is 2.58. The number of hydrogen-bond acceptors (Lipinski definition) is 5. The SMILES string of the molecule is CC1(C)S[C@H]2N(C(=O)C2(Br)N=C(Cl)c2ccccc2)[C@H]1C(=O)OCC(Cl)(Cl)Cl. The molecule has 0 aromatic heterocycles. The van der Waals surface area contributed by atoms with Crippen LogP contribution in [0.4, 0.5) is 0 Å². The summed E-state index contributed by atoms with van der Waals surface area (Å²) in [5.74, 6) is -1.01. The molecule has 2 fully saturated rings. The second kappa shape index (κ2) is 7.82. The third kappa shape index (κ3) is 4.16. The molecule has 1 amide bonds. The predicted molar refractivity (Wildman–Crippen MR) is 118 cm³/mol. The number of hydrogen-bond donors (Lipinski definition) is 0.